The molecule has 1 aromatic carbocycles. The van der Waals surface area contributed by atoms with Crippen molar-refractivity contribution in [2.75, 3.05) is 50.0 Å². The molecule has 4 rings (SSSR count). The van der Waals surface area contributed by atoms with Crippen LogP contribution >= 0.6 is 15.9 Å². The Bertz CT molecular complexity index is 1210. The van der Waals surface area contributed by atoms with Crippen LogP contribution in [-0.2, 0) is 14.3 Å². The number of hydrogen-bond donors (Lipinski definition) is 3. The average molecular weight is 540 g/mol. The van der Waals surface area contributed by atoms with Crippen LogP contribution in [0.5, 0.6) is 0 Å². The van der Waals surface area contributed by atoms with E-state index in [1.165, 1.54) is 18.5 Å². The Labute approximate surface area is 211 Å². The molecule has 1 fully saturated rings. The van der Waals surface area contributed by atoms with E-state index in [9.17, 15) is 9.59 Å². The summed E-state index contributed by atoms with van der Waals surface area (Å²) in [6.07, 6.45) is 6.25. The van der Waals surface area contributed by atoms with Gasteiger partial charge in [-0.25, -0.2) is 15.0 Å². The van der Waals surface area contributed by atoms with E-state index < -0.39 is 5.91 Å². The number of rotatable bonds is 9. The van der Waals surface area contributed by atoms with Crippen molar-refractivity contribution in [1.82, 2.24) is 25.2 Å². The summed E-state index contributed by atoms with van der Waals surface area (Å²) < 4.78 is 6.26. The molecule has 3 heterocycles. The second-order valence-corrected chi connectivity index (χ2v) is 8.78. The van der Waals surface area contributed by atoms with Gasteiger partial charge in [0, 0.05) is 47.3 Å². The van der Waals surface area contributed by atoms with Gasteiger partial charge < -0.3 is 20.7 Å². The number of fused-ring (bicyclic) bond motifs is 1. The van der Waals surface area contributed by atoms with E-state index >= 15 is 0 Å². The largest absolute Gasteiger partial charge is 0.379 e. The van der Waals surface area contributed by atoms with E-state index in [2.05, 4.69) is 51.7 Å². The van der Waals surface area contributed by atoms with E-state index in [1.807, 2.05) is 24.3 Å². The Balaban J connectivity index is 1.30. The molecule has 1 aliphatic rings. The summed E-state index contributed by atoms with van der Waals surface area (Å²) in [4.78, 5) is 39.4. The highest BCUT2D eigenvalue weighted by atomic mass is 79.9. The van der Waals surface area contributed by atoms with Gasteiger partial charge in [-0.15, -0.1) is 0 Å². The third kappa shape index (κ3) is 7.54. The molecule has 2 aromatic heterocycles. The number of morpholine rings is 1. The van der Waals surface area contributed by atoms with Crippen molar-refractivity contribution in [2.45, 2.75) is 6.42 Å². The van der Waals surface area contributed by atoms with E-state index in [0.717, 1.165) is 49.4 Å². The van der Waals surface area contributed by atoms with Gasteiger partial charge >= 0.3 is 0 Å². The minimum atomic E-state index is -0.460. The zero-order valence-electron chi connectivity index (χ0n) is 19.0. The number of hydrogen-bond acceptors (Lipinski definition) is 8. The number of nitrogens with zero attached hydrogens (tertiary/aromatic N) is 4. The molecule has 182 valence electrons. The molecule has 0 saturated carbocycles. The van der Waals surface area contributed by atoms with Crippen molar-refractivity contribution in [3.05, 3.63) is 59.5 Å². The lowest BCUT2D eigenvalue weighted by Crippen LogP contribution is -2.38. The molecular weight excluding hydrogens is 514 g/mol. The van der Waals surface area contributed by atoms with Crippen LogP contribution in [-0.4, -0.2) is 71.1 Å². The summed E-state index contributed by atoms with van der Waals surface area (Å²) in [5.41, 5.74) is 1.48. The molecule has 35 heavy (non-hydrogen) atoms. The van der Waals surface area contributed by atoms with Crippen molar-refractivity contribution in [3.8, 4) is 0 Å². The van der Waals surface area contributed by atoms with E-state index in [-0.39, 0.29) is 5.91 Å². The van der Waals surface area contributed by atoms with Gasteiger partial charge in [0.1, 0.15) is 18.0 Å². The SMILES string of the molecule is O=C(/C=C/C(=O)Nc1cc2c(Nc3cccc(Br)c3)ncnc2cn1)NCCCN1CCOCC1. The quantitative estimate of drug-likeness (QED) is 0.280. The Morgan fingerprint density at radius 3 is 2.74 bits per heavy atom. The molecule has 3 N–H and O–H groups in total. The summed E-state index contributed by atoms with van der Waals surface area (Å²) in [7, 11) is 0. The first-order chi connectivity index (χ1) is 17.1. The highest BCUT2D eigenvalue weighted by Gasteiger charge is 2.10. The summed E-state index contributed by atoms with van der Waals surface area (Å²) in [6.45, 7) is 4.80. The number of aromatic nitrogens is 3. The van der Waals surface area contributed by atoms with Crippen LogP contribution in [0.3, 0.4) is 0 Å². The normalized spacial score (nSPS) is 14.2. The predicted molar refractivity (Wildman–Crippen MR) is 137 cm³/mol. The number of benzene rings is 1. The van der Waals surface area contributed by atoms with Gasteiger partial charge in [0.05, 0.1) is 24.9 Å². The van der Waals surface area contributed by atoms with Gasteiger partial charge in [-0.2, -0.15) is 0 Å². The Morgan fingerprint density at radius 2 is 1.91 bits per heavy atom. The maximum absolute atomic E-state index is 12.3. The molecule has 2 amide bonds. The number of anilines is 3. The van der Waals surface area contributed by atoms with Crippen molar-refractivity contribution >= 4 is 56.0 Å². The molecule has 10 nitrogen and oxygen atoms in total. The predicted octanol–water partition coefficient (Wildman–Crippen LogP) is 2.86. The zero-order chi connectivity index (χ0) is 24.5. The maximum atomic E-state index is 12.3. The number of ether oxygens (including phenoxy) is 1. The summed E-state index contributed by atoms with van der Waals surface area (Å²) >= 11 is 3.45. The molecule has 1 aliphatic heterocycles. The van der Waals surface area contributed by atoms with Gasteiger partial charge in [-0.3, -0.25) is 14.5 Å². The number of pyridine rings is 1. The molecule has 3 aromatic rings. The lowest BCUT2D eigenvalue weighted by Gasteiger charge is -2.26. The summed E-state index contributed by atoms with van der Waals surface area (Å²) in [6, 6.07) is 9.38. The van der Waals surface area contributed by atoms with Crippen LogP contribution in [0.1, 0.15) is 6.42 Å². The second kappa shape index (κ2) is 12.3. The monoisotopic (exact) mass is 539 g/mol. The molecule has 0 atom stereocenters. The zero-order valence-corrected chi connectivity index (χ0v) is 20.6. The van der Waals surface area contributed by atoms with Gasteiger partial charge in [0.25, 0.3) is 0 Å². The van der Waals surface area contributed by atoms with Crippen LogP contribution in [0.15, 0.2) is 59.5 Å². The number of halogens is 1. The van der Waals surface area contributed by atoms with Crippen molar-refractivity contribution in [3.63, 3.8) is 0 Å². The minimum Gasteiger partial charge on any atom is -0.379 e. The van der Waals surface area contributed by atoms with Gasteiger partial charge in [0.15, 0.2) is 0 Å². The Kier molecular flexibility index (Phi) is 8.71. The van der Waals surface area contributed by atoms with Gasteiger partial charge in [-0.05, 0) is 37.2 Å². The van der Waals surface area contributed by atoms with Crippen LogP contribution in [0.25, 0.3) is 10.9 Å². The summed E-state index contributed by atoms with van der Waals surface area (Å²) in [5, 5.41) is 9.42. The molecule has 0 spiro atoms. The second-order valence-electron chi connectivity index (χ2n) is 7.87. The molecule has 0 radical (unpaired) electrons. The van der Waals surface area contributed by atoms with Gasteiger partial charge in [0.2, 0.25) is 11.8 Å². The standard InChI is InChI=1S/C24H26BrN7O3/c25-17-3-1-4-18(13-17)30-24-19-14-21(27-15-20(19)28-16-29-24)31-23(34)6-5-22(33)26-7-2-8-32-9-11-35-12-10-32/h1,3-6,13-16H,2,7-12H2,(H,26,33)(H,27,31,34)(H,28,29,30)/b6-5+. The smallest absolute Gasteiger partial charge is 0.249 e. The number of carbonyl (C=O) groups excluding carboxylic acids is 2. The first-order valence-corrected chi connectivity index (χ1v) is 12.1. The average Bonchev–Trinajstić information content (AvgIpc) is 2.86. The topological polar surface area (TPSA) is 121 Å². The number of carbonyl (C=O) groups is 2. The van der Waals surface area contributed by atoms with Crippen molar-refractivity contribution in [2.24, 2.45) is 0 Å². The highest BCUT2D eigenvalue weighted by Crippen LogP contribution is 2.25. The van der Waals surface area contributed by atoms with Crippen LogP contribution in [0.4, 0.5) is 17.3 Å². The van der Waals surface area contributed by atoms with E-state index in [0.29, 0.717) is 29.1 Å². The number of nitrogens with one attached hydrogen (secondary N) is 3. The van der Waals surface area contributed by atoms with Crippen molar-refractivity contribution < 1.29 is 14.3 Å². The van der Waals surface area contributed by atoms with Crippen molar-refractivity contribution in [1.29, 1.82) is 0 Å². The Hall–Kier alpha value is -3.41. The van der Waals surface area contributed by atoms with Gasteiger partial charge in [-0.1, -0.05) is 22.0 Å². The molecular formula is C24H26BrN7O3. The first-order valence-electron chi connectivity index (χ1n) is 11.3. The fourth-order valence-electron chi connectivity index (χ4n) is 3.55. The lowest BCUT2D eigenvalue weighted by molar-refractivity contribution is -0.117. The van der Waals surface area contributed by atoms with E-state index in [4.69, 9.17) is 4.74 Å². The van der Waals surface area contributed by atoms with E-state index in [1.54, 1.807) is 12.3 Å². The Morgan fingerprint density at radius 1 is 1.09 bits per heavy atom. The molecule has 0 bridgehead atoms. The molecule has 1 saturated heterocycles. The molecule has 11 heteroatoms. The fraction of sp³-hybridized carbons (Fsp3) is 0.292. The maximum Gasteiger partial charge on any atom is 0.249 e. The fourth-order valence-corrected chi connectivity index (χ4v) is 3.95. The van der Waals surface area contributed by atoms with Crippen LogP contribution in [0.2, 0.25) is 0 Å². The molecule has 0 unspecified atom stereocenters. The third-order valence-electron chi connectivity index (χ3n) is 5.30. The first kappa shape index (κ1) is 24.7. The third-order valence-corrected chi connectivity index (χ3v) is 5.79. The molecule has 0 aliphatic carbocycles. The number of amides is 2. The minimum absolute atomic E-state index is 0.317. The highest BCUT2D eigenvalue weighted by molar-refractivity contribution is 9.10. The lowest BCUT2D eigenvalue weighted by atomic mass is 10.2. The van der Waals surface area contributed by atoms with Crippen LogP contribution in [0, 0.1) is 0 Å². The summed E-state index contributed by atoms with van der Waals surface area (Å²) in [5.74, 6) is 0.129. The van der Waals surface area contributed by atoms with Crippen LogP contribution < -0.4 is 16.0 Å².